The van der Waals surface area contributed by atoms with Crippen LogP contribution in [0.5, 0.6) is 0 Å². The van der Waals surface area contributed by atoms with E-state index in [4.69, 9.17) is 7.85 Å². The first-order chi connectivity index (χ1) is 11.1. The molecule has 114 valence electrons. The number of halogens is 2. The van der Waals surface area contributed by atoms with E-state index in [-0.39, 0.29) is 17.3 Å². The fraction of sp³-hybridized carbons (Fsp3) is 0.300. The van der Waals surface area contributed by atoms with Gasteiger partial charge in [0, 0.05) is 5.56 Å². The maximum absolute atomic E-state index is 14.3. The lowest BCUT2D eigenvalue weighted by atomic mass is 9.70. The van der Waals surface area contributed by atoms with E-state index < -0.39 is 11.6 Å². The summed E-state index contributed by atoms with van der Waals surface area (Å²) in [4.78, 5) is 0. The van der Waals surface area contributed by atoms with Crippen LogP contribution in [0.3, 0.4) is 0 Å². The molecule has 2 radical (unpaired) electrons. The van der Waals surface area contributed by atoms with Gasteiger partial charge in [0.25, 0.3) is 0 Å². The van der Waals surface area contributed by atoms with Gasteiger partial charge in [0.2, 0.25) is 0 Å². The Morgan fingerprint density at radius 3 is 2.09 bits per heavy atom. The van der Waals surface area contributed by atoms with E-state index in [0.717, 1.165) is 36.8 Å². The summed E-state index contributed by atoms with van der Waals surface area (Å²) >= 11 is 0. The van der Waals surface area contributed by atoms with E-state index >= 15 is 0 Å². The normalized spacial score (nSPS) is 20.6. The van der Waals surface area contributed by atoms with Crippen molar-refractivity contribution >= 4 is 7.85 Å². The quantitative estimate of drug-likeness (QED) is 0.515. The van der Waals surface area contributed by atoms with Crippen molar-refractivity contribution in [2.75, 3.05) is 0 Å². The van der Waals surface area contributed by atoms with Gasteiger partial charge in [-0.3, -0.25) is 0 Å². The van der Waals surface area contributed by atoms with Crippen LogP contribution in [0.15, 0.2) is 42.5 Å². The van der Waals surface area contributed by atoms with Crippen LogP contribution in [0.4, 0.5) is 8.78 Å². The zero-order valence-electron chi connectivity index (χ0n) is 12.9. The standard InChI is InChI=1S/C20H17BF2/c21-17-9-7-15(8-10-17)16-12-19(22)18(20(23)13-16)11-6-14-4-2-1-3-5-14/h1-5,12-13,15,17H,7-10H2. The summed E-state index contributed by atoms with van der Waals surface area (Å²) in [7, 11) is 5.89. The highest BCUT2D eigenvalue weighted by molar-refractivity contribution is 6.11. The highest BCUT2D eigenvalue weighted by Gasteiger charge is 2.21. The van der Waals surface area contributed by atoms with Crippen molar-refractivity contribution in [1.29, 1.82) is 0 Å². The van der Waals surface area contributed by atoms with Gasteiger partial charge >= 0.3 is 0 Å². The minimum atomic E-state index is -0.585. The average Bonchev–Trinajstić information content (AvgIpc) is 2.55. The zero-order chi connectivity index (χ0) is 16.2. The Kier molecular flexibility index (Phi) is 4.81. The van der Waals surface area contributed by atoms with E-state index in [9.17, 15) is 8.78 Å². The molecule has 0 bridgehead atoms. The molecular weight excluding hydrogens is 289 g/mol. The Hall–Kier alpha value is -2.08. The average molecular weight is 306 g/mol. The van der Waals surface area contributed by atoms with Crippen molar-refractivity contribution in [3.05, 3.63) is 70.8 Å². The molecule has 0 saturated heterocycles. The number of benzene rings is 2. The van der Waals surface area contributed by atoms with Crippen LogP contribution in [-0.4, -0.2) is 7.85 Å². The molecule has 0 atom stereocenters. The number of rotatable bonds is 1. The van der Waals surface area contributed by atoms with E-state index in [1.54, 1.807) is 0 Å². The lowest BCUT2D eigenvalue weighted by molar-refractivity contribution is 0.439. The monoisotopic (exact) mass is 306 g/mol. The lowest BCUT2D eigenvalue weighted by Gasteiger charge is -2.26. The minimum absolute atomic E-state index is 0.162. The first kappa shape index (κ1) is 15.8. The second-order valence-electron chi connectivity index (χ2n) is 6.09. The summed E-state index contributed by atoms with van der Waals surface area (Å²) in [5.41, 5.74) is 1.29. The van der Waals surface area contributed by atoms with Crippen molar-refractivity contribution in [3.8, 4) is 11.8 Å². The van der Waals surface area contributed by atoms with Crippen LogP contribution < -0.4 is 0 Å². The molecule has 23 heavy (non-hydrogen) atoms. The molecule has 0 nitrogen and oxygen atoms in total. The van der Waals surface area contributed by atoms with Gasteiger partial charge in [0.15, 0.2) is 0 Å². The molecule has 3 heteroatoms. The molecule has 0 amide bonds. The van der Waals surface area contributed by atoms with Gasteiger partial charge in [0.05, 0.1) is 13.4 Å². The summed E-state index contributed by atoms with van der Waals surface area (Å²) in [6.07, 6.45) is 3.58. The summed E-state index contributed by atoms with van der Waals surface area (Å²) < 4.78 is 28.6. The highest BCUT2D eigenvalue weighted by Crippen LogP contribution is 2.37. The van der Waals surface area contributed by atoms with Gasteiger partial charge in [-0.2, -0.15) is 0 Å². The minimum Gasteiger partial charge on any atom is -0.206 e. The second-order valence-corrected chi connectivity index (χ2v) is 6.09. The van der Waals surface area contributed by atoms with Crippen LogP contribution in [-0.2, 0) is 0 Å². The third-order valence-corrected chi connectivity index (χ3v) is 4.41. The van der Waals surface area contributed by atoms with Crippen molar-refractivity contribution in [3.63, 3.8) is 0 Å². The summed E-state index contributed by atoms with van der Waals surface area (Å²) in [5, 5.41) is 0. The molecule has 1 fully saturated rings. The topological polar surface area (TPSA) is 0 Å². The molecule has 3 rings (SSSR count). The summed E-state index contributed by atoms with van der Waals surface area (Å²) in [5.74, 6) is 4.65. The first-order valence-electron chi connectivity index (χ1n) is 7.95. The molecule has 2 aromatic rings. The lowest BCUT2D eigenvalue weighted by Crippen LogP contribution is -2.10. The van der Waals surface area contributed by atoms with Crippen LogP contribution in [0.25, 0.3) is 0 Å². The van der Waals surface area contributed by atoms with Crippen LogP contribution in [0.2, 0.25) is 5.82 Å². The molecule has 1 saturated carbocycles. The van der Waals surface area contributed by atoms with Gasteiger partial charge in [0.1, 0.15) is 11.6 Å². The molecule has 1 aliphatic carbocycles. The van der Waals surface area contributed by atoms with E-state index in [1.165, 1.54) is 12.1 Å². The molecule has 0 spiro atoms. The predicted molar refractivity (Wildman–Crippen MR) is 89.5 cm³/mol. The van der Waals surface area contributed by atoms with E-state index in [2.05, 4.69) is 11.8 Å². The Bertz CT molecular complexity index is 712. The van der Waals surface area contributed by atoms with E-state index in [1.807, 2.05) is 30.3 Å². The molecule has 0 N–H and O–H groups in total. The molecular formula is C20H17BF2. The first-order valence-corrected chi connectivity index (χ1v) is 7.95. The van der Waals surface area contributed by atoms with Crippen molar-refractivity contribution < 1.29 is 8.78 Å². The Labute approximate surface area is 137 Å². The fourth-order valence-corrected chi connectivity index (χ4v) is 3.06. The SMILES string of the molecule is [B]C1CCC(c2cc(F)c(C#Cc3ccccc3)c(F)c2)CC1. The summed E-state index contributed by atoms with van der Waals surface area (Å²) in [6.45, 7) is 0. The second kappa shape index (κ2) is 7.00. The number of hydrogen-bond donors (Lipinski definition) is 0. The predicted octanol–water partition coefficient (Wildman–Crippen LogP) is 4.98. The molecule has 0 unspecified atom stereocenters. The van der Waals surface area contributed by atoms with Gasteiger partial charge in [-0.05, 0) is 48.6 Å². The Morgan fingerprint density at radius 1 is 0.870 bits per heavy atom. The van der Waals surface area contributed by atoms with Gasteiger partial charge < -0.3 is 0 Å². The third-order valence-electron chi connectivity index (χ3n) is 4.41. The Balaban J connectivity index is 1.85. The zero-order valence-corrected chi connectivity index (χ0v) is 12.9. The van der Waals surface area contributed by atoms with Crippen LogP contribution in [0, 0.1) is 23.5 Å². The van der Waals surface area contributed by atoms with Crippen molar-refractivity contribution in [2.45, 2.75) is 37.4 Å². The molecule has 2 aromatic carbocycles. The van der Waals surface area contributed by atoms with Gasteiger partial charge in [-0.25, -0.2) is 8.78 Å². The van der Waals surface area contributed by atoms with Crippen LogP contribution in [0.1, 0.15) is 48.3 Å². The molecule has 1 aliphatic rings. The number of hydrogen-bond acceptors (Lipinski definition) is 0. The Morgan fingerprint density at radius 2 is 1.48 bits per heavy atom. The maximum atomic E-state index is 14.3. The van der Waals surface area contributed by atoms with Crippen LogP contribution >= 0.6 is 0 Å². The molecule has 0 heterocycles. The van der Waals surface area contributed by atoms with Crippen molar-refractivity contribution in [1.82, 2.24) is 0 Å². The van der Waals surface area contributed by atoms with Gasteiger partial charge in [-0.1, -0.05) is 48.7 Å². The smallest absolute Gasteiger partial charge is 0.142 e. The summed E-state index contributed by atoms with van der Waals surface area (Å²) in [6, 6.07) is 12.0. The van der Waals surface area contributed by atoms with Crippen molar-refractivity contribution in [2.24, 2.45) is 0 Å². The highest BCUT2D eigenvalue weighted by atomic mass is 19.1. The maximum Gasteiger partial charge on any atom is 0.142 e. The molecule has 0 aromatic heterocycles. The van der Waals surface area contributed by atoms with E-state index in [0.29, 0.717) is 0 Å². The largest absolute Gasteiger partial charge is 0.206 e. The molecule has 0 aliphatic heterocycles. The fourth-order valence-electron chi connectivity index (χ4n) is 3.06. The van der Waals surface area contributed by atoms with Gasteiger partial charge in [-0.15, -0.1) is 0 Å². The third kappa shape index (κ3) is 3.82.